The van der Waals surface area contributed by atoms with Crippen LogP contribution in [0.3, 0.4) is 0 Å². The number of pyridine rings is 1. The van der Waals surface area contributed by atoms with Crippen LogP contribution in [0, 0.1) is 5.92 Å². The summed E-state index contributed by atoms with van der Waals surface area (Å²) in [4.78, 5) is 28.2. The Kier molecular flexibility index (Phi) is 6.61. The zero-order valence-corrected chi connectivity index (χ0v) is 18.5. The largest absolute Gasteiger partial charge is 0.490 e. The average Bonchev–Trinajstić information content (AvgIpc) is 3.61. The second-order valence-electron chi connectivity index (χ2n) is 7.10. The number of hydrogen-bond acceptors (Lipinski definition) is 10. The Morgan fingerprint density at radius 2 is 2.03 bits per heavy atom. The number of alkyl halides is 2. The first-order valence-corrected chi connectivity index (χ1v) is 11.6. The third-order valence-corrected chi connectivity index (χ3v) is 5.51. The molecule has 34 heavy (non-hydrogen) atoms. The number of amides is 2. The first kappa shape index (κ1) is 21.1. The van der Waals surface area contributed by atoms with E-state index < -0.39 is 46.5 Å². The Labute approximate surface area is 197 Å². The Balaban J connectivity index is 1.93. The van der Waals surface area contributed by atoms with E-state index in [1.54, 1.807) is 5.32 Å². The number of hydrogen-bond donors (Lipinski definition) is 3. The number of carbonyl (C=O) groups excluding carboxylic acids is 2. The van der Waals surface area contributed by atoms with Gasteiger partial charge in [0.25, 0.3) is 5.91 Å². The van der Waals surface area contributed by atoms with E-state index in [0.29, 0.717) is 12.8 Å². The molecular formula is C19H22F2N6O6S. The second kappa shape index (κ2) is 10.6. The Morgan fingerprint density at radius 1 is 1.26 bits per heavy atom. The molecule has 2 amide bonds. The number of ether oxygens (including phenoxy) is 2. The number of anilines is 3. The Morgan fingerprint density at radius 3 is 2.68 bits per heavy atom. The van der Waals surface area contributed by atoms with Gasteiger partial charge < -0.3 is 25.4 Å². The summed E-state index contributed by atoms with van der Waals surface area (Å²) in [7, 11) is -3.97. The molecule has 1 fully saturated rings. The molecule has 0 spiro atoms. The van der Waals surface area contributed by atoms with Crippen LogP contribution in [0.25, 0.3) is 0 Å². The number of nitrogens with zero attached hydrogens (tertiary/aromatic N) is 3. The molecule has 0 unspecified atom stereocenters. The van der Waals surface area contributed by atoms with E-state index in [2.05, 4.69) is 30.6 Å². The van der Waals surface area contributed by atoms with Crippen molar-refractivity contribution in [3.05, 3.63) is 24.0 Å². The summed E-state index contributed by atoms with van der Waals surface area (Å²) < 4.78 is 80.0. The van der Waals surface area contributed by atoms with Crippen LogP contribution in [0.5, 0.6) is 5.75 Å². The predicted molar refractivity (Wildman–Crippen MR) is 115 cm³/mol. The van der Waals surface area contributed by atoms with Crippen LogP contribution in [0.2, 0.25) is 0 Å². The Hall–Kier alpha value is -3.46. The van der Waals surface area contributed by atoms with E-state index >= 15 is 0 Å². The van der Waals surface area contributed by atoms with Crippen LogP contribution < -0.4 is 20.7 Å². The fourth-order valence-electron chi connectivity index (χ4n) is 2.66. The molecule has 2 heterocycles. The number of nitrogens with one attached hydrogen (secondary N) is 3. The van der Waals surface area contributed by atoms with Gasteiger partial charge in [-0.25, -0.2) is 13.4 Å². The average molecular weight is 504 g/mol. The van der Waals surface area contributed by atoms with Crippen molar-refractivity contribution in [3.8, 4) is 5.75 Å². The summed E-state index contributed by atoms with van der Waals surface area (Å²) in [5.74, 6) is -2.12. The first-order chi connectivity index (χ1) is 17.2. The number of rotatable bonds is 11. The maximum atomic E-state index is 12.5. The van der Waals surface area contributed by atoms with Crippen LogP contribution in [-0.2, 0) is 19.4 Å². The monoisotopic (exact) mass is 503 g/mol. The van der Waals surface area contributed by atoms with Gasteiger partial charge in [0.1, 0.15) is 23.1 Å². The highest BCUT2D eigenvalue weighted by molar-refractivity contribution is 7.90. The van der Waals surface area contributed by atoms with Gasteiger partial charge in [-0.2, -0.15) is 8.78 Å². The van der Waals surface area contributed by atoms with Crippen LogP contribution in [-0.4, -0.2) is 68.5 Å². The minimum absolute atomic E-state index is 0.0746. The van der Waals surface area contributed by atoms with Crippen molar-refractivity contribution in [2.24, 2.45) is 5.92 Å². The molecule has 15 heteroatoms. The highest BCUT2D eigenvalue weighted by Gasteiger charge is 2.30. The van der Waals surface area contributed by atoms with Crippen LogP contribution in [0.4, 0.5) is 26.1 Å². The SMILES string of the molecule is [2H]C([2H])([2H])NC(=O)c1nnc(NC(=O)C2CC2)cc1Nc1ncc(OCCOC(F)F)cc1S(C)(=O)=O. The zero-order valence-electron chi connectivity index (χ0n) is 20.7. The lowest BCUT2D eigenvalue weighted by molar-refractivity contribution is -0.133. The minimum atomic E-state index is -3.97. The number of aromatic nitrogens is 3. The standard InChI is InChI=1S/C19H22F2N6O6S/c1-22-18(29)15-12(8-14(26-27-15)25-17(28)10-3-4-10)24-16-13(34(2,30)31)7-11(9-23-16)32-5-6-33-19(20)21/h7-10,19H,3-6H2,1-2H3,(H,22,29)(H2,23,24,25,26,28)/i1D3. The summed E-state index contributed by atoms with van der Waals surface area (Å²) in [5.41, 5.74) is -0.731. The molecule has 0 aromatic carbocycles. The fourth-order valence-corrected chi connectivity index (χ4v) is 3.44. The van der Waals surface area contributed by atoms with Crippen LogP contribution in [0.1, 0.15) is 27.4 Å². The molecule has 184 valence electrons. The van der Waals surface area contributed by atoms with Gasteiger partial charge in [-0.1, -0.05) is 0 Å². The summed E-state index contributed by atoms with van der Waals surface area (Å²) in [6.45, 7) is -6.64. The molecule has 12 nitrogen and oxygen atoms in total. The maximum absolute atomic E-state index is 12.5. The lowest BCUT2D eigenvalue weighted by Gasteiger charge is -2.15. The molecule has 1 saturated carbocycles. The predicted octanol–water partition coefficient (Wildman–Crippen LogP) is 1.34. The van der Waals surface area contributed by atoms with Crippen molar-refractivity contribution in [3.63, 3.8) is 0 Å². The van der Waals surface area contributed by atoms with Gasteiger partial charge in [0, 0.05) is 35.4 Å². The fraction of sp³-hybridized carbons (Fsp3) is 0.421. The van der Waals surface area contributed by atoms with E-state index in [4.69, 9.17) is 8.85 Å². The molecule has 1 aliphatic rings. The van der Waals surface area contributed by atoms with Crippen LogP contribution >= 0.6 is 0 Å². The highest BCUT2D eigenvalue weighted by Crippen LogP contribution is 2.31. The second-order valence-corrected chi connectivity index (χ2v) is 9.09. The minimum Gasteiger partial charge on any atom is -0.490 e. The van der Waals surface area contributed by atoms with Gasteiger partial charge in [0.15, 0.2) is 21.3 Å². The van der Waals surface area contributed by atoms with Crippen molar-refractivity contribution in [1.29, 1.82) is 0 Å². The summed E-state index contributed by atoms with van der Waals surface area (Å²) in [5, 5.41) is 14.3. The van der Waals surface area contributed by atoms with Crippen molar-refractivity contribution in [1.82, 2.24) is 20.5 Å². The van der Waals surface area contributed by atoms with Crippen molar-refractivity contribution in [2.45, 2.75) is 24.3 Å². The molecule has 1 aliphatic carbocycles. The van der Waals surface area contributed by atoms with Gasteiger partial charge >= 0.3 is 6.61 Å². The molecule has 0 bridgehead atoms. The molecular weight excluding hydrogens is 478 g/mol. The van der Waals surface area contributed by atoms with Crippen molar-refractivity contribution >= 4 is 39.0 Å². The highest BCUT2D eigenvalue weighted by atomic mass is 32.2. The van der Waals surface area contributed by atoms with Crippen LogP contribution in [0.15, 0.2) is 23.2 Å². The molecule has 3 rings (SSSR count). The molecule has 2 aromatic rings. The van der Waals surface area contributed by atoms with Gasteiger partial charge in [-0.3, -0.25) is 9.59 Å². The van der Waals surface area contributed by atoms with Gasteiger partial charge in [-0.15, -0.1) is 10.2 Å². The maximum Gasteiger partial charge on any atom is 0.345 e. The smallest absolute Gasteiger partial charge is 0.345 e. The normalized spacial score (nSPS) is 15.1. The number of sulfone groups is 1. The van der Waals surface area contributed by atoms with E-state index in [1.807, 2.05) is 0 Å². The lowest BCUT2D eigenvalue weighted by atomic mass is 10.2. The molecule has 3 N–H and O–H groups in total. The lowest BCUT2D eigenvalue weighted by Crippen LogP contribution is -2.23. The summed E-state index contributed by atoms with van der Waals surface area (Å²) >= 11 is 0. The molecule has 0 radical (unpaired) electrons. The zero-order chi connectivity index (χ0) is 27.4. The van der Waals surface area contributed by atoms with E-state index in [1.165, 1.54) is 6.07 Å². The summed E-state index contributed by atoms with van der Waals surface area (Å²) in [6, 6.07) is 2.24. The van der Waals surface area contributed by atoms with Crippen molar-refractivity contribution in [2.75, 3.05) is 37.1 Å². The first-order valence-electron chi connectivity index (χ1n) is 11.2. The van der Waals surface area contributed by atoms with E-state index in [9.17, 15) is 26.8 Å². The molecule has 2 aromatic heterocycles. The topological polar surface area (TPSA) is 162 Å². The number of carbonyl (C=O) groups is 2. The van der Waals surface area contributed by atoms with Gasteiger partial charge in [0.2, 0.25) is 5.91 Å². The Bertz CT molecular complexity index is 1280. The third-order valence-electron chi connectivity index (χ3n) is 4.40. The van der Waals surface area contributed by atoms with Crippen molar-refractivity contribution < 1.29 is 40.4 Å². The van der Waals surface area contributed by atoms with Gasteiger partial charge in [-0.05, 0) is 12.8 Å². The quantitative estimate of drug-likeness (QED) is 0.382. The van der Waals surface area contributed by atoms with Gasteiger partial charge in [0.05, 0.1) is 18.5 Å². The van der Waals surface area contributed by atoms with E-state index in [0.717, 1.165) is 18.5 Å². The third kappa shape index (κ3) is 6.77. The number of halogens is 2. The summed E-state index contributed by atoms with van der Waals surface area (Å²) in [6.07, 6.45) is 3.36. The molecule has 0 saturated heterocycles. The molecule has 0 atom stereocenters. The van der Waals surface area contributed by atoms with E-state index in [-0.39, 0.29) is 41.5 Å². The molecule has 0 aliphatic heterocycles.